The second-order valence-corrected chi connectivity index (χ2v) is 5.27. The monoisotopic (exact) mass is 268 g/mol. The summed E-state index contributed by atoms with van der Waals surface area (Å²) in [7, 11) is 3.83. The van der Waals surface area contributed by atoms with Crippen LogP contribution in [0.3, 0.4) is 0 Å². The Bertz CT molecular complexity index is 397. The van der Waals surface area contributed by atoms with Crippen molar-refractivity contribution in [2.24, 2.45) is 0 Å². The first kappa shape index (κ1) is 13.5. The van der Waals surface area contributed by atoms with E-state index in [-0.39, 0.29) is 0 Å². The zero-order valence-electron chi connectivity index (χ0n) is 11.1. The number of hydrogen-bond donors (Lipinski definition) is 1. The molecule has 1 fully saturated rings. The van der Waals surface area contributed by atoms with Gasteiger partial charge < -0.3 is 15.0 Å². The summed E-state index contributed by atoms with van der Waals surface area (Å²) < 4.78 is 5.14. The molecule has 0 aromatic heterocycles. The minimum atomic E-state index is 0.625. The third-order valence-electron chi connectivity index (χ3n) is 3.62. The molecule has 1 aliphatic heterocycles. The lowest BCUT2D eigenvalue weighted by molar-refractivity contribution is 0.194. The molecule has 1 atom stereocenters. The molecule has 1 saturated heterocycles. The van der Waals surface area contributed by atoms with Crippen LogP contribution in [0.1, 0.15) is 19.3 Å². The molecular formula is C14H21ClN2O. The SMILES string of the molecule is COc1ccc(NCC2CCCCN2C)cc1Cl. The van der Waals surface area contributed by atoms with E-state index >= 15 is 0 Å². The third-order valence-corrected chi connectivity index (χ3v) is 3.91. The molecule has 2 rings (SSSR count). The summed E-state index contributed by atoms with van der Waals surface area (Å²) in [6, 6.07) is 6.45. The number of rotatable bonds is 4. The molecule has 1 N–H and O–H groups in total. The Morgan fingerprint density at radius 2 is 2.28 bits per heavy atom. The number of methoxy groups -OCH3 is 1. The van der Waals surface area contributed by atoms with Gasteiger partial charge in [-0.2, -0.15) is 0 Å². The summed E-state index contributed by atoms with van der Waals surface area (Å²) >= 11 is 6.10. The number of piperidine rings is 1. The van der Waals surface area contributed by atoms with Gasteiger partial charge in [0.25, 0.3) is 0 Å². The molecular weight excluding hydrogens is 248 g/mol. The van der Waals surface area contributed by atoms with Crippen molar-refractivity contribution < 1.29 is 4.74 Å². The quantitative estimate of drug-likeness (QED) is 0.907. The fourth-order valence-corrected chi connectivity index (χ4v) is 2.67. The van der Waals surface area contributed by atoms with E-state index in [1.54, 1.807) is 7.11 Å². The van der Waals surface area contributed by atoms with Crippen LogP contribution in [0.2, 0.25) is 5.02 Å². The molecule has 100 valence electrons. The van der Waals surface area contributed by atoms with Crippen LogP contribution in [-0.2, 0) is 0 Å². The zero-order chi connectivity index (χ0) is 13.0. The first-order valence-corrected chi connectivity index (χ1v) is 6.86. The van der Waals surface area contributed by atoms with E-state index < -0.39 is 0 Å². The number of anilines is 1. The fraction of sp³-hybridized carbons (Fsp3) is 0.571. The second-order valence-electron chi connectivity index (χ2n) is 4.86. The molecule has 1 aliphatic rings. The predicted octanol–water partition coefficient (Wildman–Crippen LogP) is 3.24. The second kappa shape index (κ2) is 6.30. The minimum Gasteiger partial charge on any atom is -0.495 e. The molecule has 0 saturated carbocycles. The third kappa shape index (κ3) is 3.30. The van der Waals surface area contributed by atoms with Gasteiger partial charge in [-0.1, -0.05) is 18.0 Å². The number of benzene rings is 1. The maximum Gasteiger partial charge on any atom is 0.137 e. The Labute approximate surface area is 114 Å². The molecule has 1 unspecified atom stereocenters. The number of nitrogens with one attached hydrogen (secondary N) is 1. The predicted molar refractivity (Wildman–Crippen MR) is 76.8 cm³/mol. The molecule has 0 aliphatic carbocycles. The Balaban J connectivity index is 1.91. The Kier molecular flexibility index (Phi) is 4.72. The average Bonchev–Trinajstić information content (AvgIpc) is 2.38. The first-order chi connectivity index (χ1) is 8.70. The lowest BCUT2D eigenvalue weighted by atomic mass is 10.0. The van der Waals surface area contributed by atoms with Crippen molar-refractivity contribution in [1.29, 1.82) is 0 Å². The van der Waals surface area contributed by atoms with Crippen molar-refractivity contribution in [2.75, 3.05) is 32.6 Å². The van der Waals surface area contributed by atoms with Crippen LogP contribution < -0.4 is 10.1 Å². The molecule has 3 nitrogen and oxygen atoms in total. The van der Waals surface area contributed by atoms with Gasteiger partial charge in [-0.25, -0.2) is 0 Å². The Morgan fingerprint density at radius 1 is 1.44 bits per heavy atom. The fourth-order valence-electron chi connectivity index (χ4n) is 2.41. The maximum absolute atomic E-state index is 6.10. The molecule has 1 aromatic rings. The molecule has 4 heteroatoms. The first-order valence-electron chi connectivity index (χ1n) is 6.48. The maximum atomic E-state index is 6.10. The van der Waals surface area contributed by atoms with Gasteiger partial charge in [0, 0.05) is 18.3 Å². The van der Waals surface area contributed by atoms with Crippen LogP contribution in [0.25, 0.3) is 0 Å². The highest BCUT2D eigenvalue weighted by atomic mass is 35.5. The van der Waals surface area contributed by atoms with E-state index in [4.69, 9.17) is 16.3 Å². The van der Waals surface area contributed by atoms with E-state index in [9.17, 15) is 0 Å². The highest BCUT2D eigenvalue weighted by Crippen LogP contribution is 2.27. The van der Waals surface area contributed by atoms with Crippen LogP contribution in [-0.4, -0.2) is 38.2 Å². The normalized spacial score (nSPS) is 20.7. The van der Waals surface area contributed by atoms with Crippen LogP contribution in [0.15, 0.2) is 18.2 Å². The number of likely N-dealkylation sites (tertiary alicyclic amines) is 1. The summed E-state index contributed by atoms with van der Waals surface area (Å²) in [5.41, 5.74) is 1.06. The zero-order valence-corrected chi connectivity index (χ0v) is 11.8. The average molecular weight is 269 g/mol. The van der Waals surface area contributed by atoms with Crippen LogP contribution in [0, 0.1) is 0 Å². The smallest absolute Gasteiger partial charge is 0.137 e. The van der Waals surface area contributed by atoms with E-state index in [1.165, 1.54) is 25.8 Å². The number of hydrogen-bond acceptors (Lipinski definition) is 3. The molecule has 0 amide bonds. The largest absolute Gasteiger partial charge is 0.495 e. The van der Waals surface area contributed by atoms with Crippen molar-refractivity contribution in [1.82, 2.24) is 4.90 Å². The van der Waals surface area contributed by atoms with Crippen LogP contribution >= 0.6 is 11.6 Å². The van der Waals surface area contributed by atoms with Gasteiger partial charge in [0.15, 0.2) is 0 Å². The molecule has 18 heavy (non-hydrogen) atoms. The summed E-state index contributed by atoms with van der Waals surface area (Å²) in [5.74, 6) is 0.719. The minimum absolute atomic E-state index is 0.625. The number of nitrogens with zero attached hydrogens (tertiary/aromatic N) is 1. The van der Waals surface area contributed by atoms with Crippen molar-refractivity contribution in [3.05, 3.63) is 23.2 Å². The van der Waals surface area contributed by atoms with Crippen molar-refractivity contribution in [3.63, 3.8) is 0 Å². The molecule has 0 spiro atoms. The van der Waals surface area contributed by atoms with Crippen molar-refractivity contribution >= 4 is 17.3 Å². The van der Waals surface area contributed by atoms with E-state index in [0.29, 0.717) is 11.1 Å². The van der Waals surface area contributed by atoms with Crippen LogP contribution in [0.4, 0.5) is 5.69 Å². The molecule has 1 aromatic carbocycles. The summed E-state index contributed by atoms with van der Waals surface area (Å²) in [4.78, 5) is 2.43. The Hall–Kier alpha value is -0.930. The highest BCUT2D eigenvalue weighted by Gasteiger charge is 2.18. The molecule has 0 bridgehead atoms. The van der Waals surface area contributed by atoms with Gasteiger partial charge in [-0.05, 0) is 44.6 Å². The molecule has 0 radical (unpaired) electrons. The Morgan fingerprint density at radius 3 is 2.94 bits per heavy atom. The van der Waals surface area contributed by atoms with Crippen LogP contribution in [0.5, 0.6) is 5.75 Å². The van der Waals surface area contributed by atoms with Gasteiger partial charge in [0.1, 0.15) is 5.75 Å². The van der Waals surface area contributed by atoms with E-state index in [0.717, 1.165) is 18.0 Å². The van der Waals surface area contributed by atoms with Gasteiger partial charge in [0.05, 0.1) is 12.1 Å². The number of likely N-dealkylation sites (N-methyl/N-ethyl adjacent to an activating group) is 1. The van der Waals surface area contributed by atoms with Crippen molar-refractivity contribution in [2.45, 2.75) is 25.3 Å². The lowest BCUT2D eigenvalue weighted by Crippen LogP contribution is -2.40. The summed E-state index contributed by atoms with van der Waals surface area (Å²) in [6.07, 6.45) is 3.93. The van der Waals surface area contributed by atoms with Gasteiger partial charge in [0.2, 0.25) is 0 Å². The van der Waals surface area contributed by atoms with Gasteiger partial charge in [-0.3, -0.25) is 0 Å². The summed E-state index contributed by atoms with van der Waals surface area (Å²) in [6.45, 7) is 2.18. The molecule has 1 heterocycles. The summed E-state index contributed by atoms with van der Waals surface area (Å²) in [5, 5.41) is 4.11. The van der Waals surface area contributed by atoms with Crippen molar-refractivity contribution in [3.8, 4) is 5.75 Å². The number of halogens is 1. The topological polar surface area (TPSA) is 24.5 Å². The van der Waals surface area contributed by atoms with Gasteiger partial charge >= 0.3 is 0 Å². The van der Waals surface area contributed by atoms with Gasteiger partial charge in [-0.15, -0.1) is 0 Å². The van der Waals surface area contributed by atoms with E-state index in [1.807, 2.05) is 18.2 Å². The standard InChI is InChI=1S/C14H21ClN2O/c1-17-8-4-3-5-12(17)10-16-11-6-7-14(18-2)13(15)9-11/h6-7,9,12,16H,3-5,8,10H2,1-2H3. The lowest BCUT2D eigenvalue weighted by Gasteiger charge is -2.32. The number of ether oxygens (including phenoxy) is 1. The van der Waals surface area contributed by atoms with E-state index in [2.05, 4.69) is 17.3 Å². The highest BCUT2D eigenvalue weighted by molar-refractivity contribution is 6.32.